The third kappa shape index (κ3) is 4.63. The molecule has 0 radical (unpaired) electrons. The number of amides is 1. The number of alkyl halides is 3. The van der Waals surface area contributed by atoms with Crippen LogP contribution in [0.5, 0.6) is 0 Å². The van der Waals surface area contributed by atoms with Crippen molar-refractivity contribution in [1.29, 1.82) is 0 Å². The molecule has 0 aliphatic carbocycles. The maximum atomic E-state index is 13.1. The fraction of sp³-hybridized carbons (Fsp3) is 0.545. The summed E-state index contributed by atoms with van der Waals surface area (Å²) in [6, 6.07) is 4.85. The highest BCUT2D eigenvalue weighted by atomic mass is 19.4. The average Bonchev–Trinajstić information content (AvgIpc) is 3.02. The van der Waals surface area contributed by atoms with Gasteiger partial charge in [0.25, 0.3) is 0 Å². The SMILES string of the molecule is Cc1cc(N2CCn3nc(C(F)(F)F)cc3C2C)cc(C)c1NC(=O)CC(C)(C)C. The molecule has 1 unspecified atom stereocenters. The largest absolute Gasteiger partial charge is 0.435 e. The molecule has 8 heteroatoms. The predicted molar refractivity (Wildman–Crippen MR) is 112 cm³/mol. The molecule has 0 bridgehead atoms. The van der Waals surface area contributed by atoms with E-state index in [2.05, 4.69) is 15.3 Å². The van der Waals surface area contributed by atoms with Gasteiger partial charge in [-0.05, 0) is 55.5 Å². The highest BCUT2D eigenvalue weighted by Gasteiger charge is 2.37. The van der Waals surface area contributed by atoms with E-state index < -0.39 is 11.9 Å². The van der Waals surface area contributed by atoms with Gasteiger partial charge in [0.15, 0.2) is 5.69 Å². The van der Waals surface area contributed by atoms with Gasteiger partial charge in [-0.15, -0.1) is 0 Å². The van der Waals surface area contributed by atoms with Gasteiger partial charge in [0, 0.05) is 24.3 Å². The minimum atomic E-state index is -4.45. The Labute approximate surface area is 175 Å². The van der Waals surface area contributed by atoms with Crippen LogP contribution >= 0.6 is 0 Å². The number of nitrogens with zero attached hydrogens (tertiary/aromatic N) is 3. The first-order chi connectivity index (χ1) is 13.8. The molecule has 164 valence electrons. The lowest BCUT2D eigenvalue weighted by atomic mass is 9.92. The summed E-state index contributed by atoms with van der Waals surface area (Å²) in [4.78, 5) is 14.4. The van der Waals surface area contributed by atoms with E-state index in [-0.39, 0.29) is 17.4 Å². The molecule has 2 aromatic rings. The summed E-state index contributed by atoms with van der Waals surface area (Å²) in [6.45, 7) is 12.7. The average molecular weight is 422 g/mol. The molecule has 2 heterocycles. The lowest BCUT2D eigenvalue weighted by Crippen LogP contribution is -2.37. The predicted octanol–water partition coefficient (Wildman–Crippen LogP) is 5.47. The molecular weight excluding hydrogens is 393 g/mol. The summed E-state index contributed by atoms with van der Waals surface area (Å²) < 4.78 is 40.6. The molecule has 1 aromatic heterocycles. The van der Waals surface area contributed by atoms with Crippen molar-refractivity contribution >= 4 is 17.3 Å². The first-order valence-electron chi connectivity index (χ1n) is 10.1. The van der Waals surface area contributed by atoms with Gasteiger partial charge < -0.3 is 10.2 Å². The van der Waals surface area contributed by atoms with Crippen molar-refractivity contribution in [3.05, 3.63) is 40.7 Å². The number of carbonyl (C=O) groups is 1. The van der Waals surface area contributed by atoms with Crippen LogP contribution in [0.3, 0.4) is 0 Å². The summed E-state index contributed by atoms with van der Waals surface area (Å²) in [6.07, 6.45) is -4.03. The Hall–Kier alpha value is -2.51. The molecule has 1 aliphatic heterocycles. The van der Waals surface area contributed by atoms with Crippen molar-refractivity contribution in [1.82, 2.24) is 9.78 Å². The first-order valence-corrected chi connectivity index (χ1v) is 10.1. The number of aromatic nitrogens is 2. The standard InChI is InChI=1S/C22H29F3N4O/c1-13-9-16(10-14(2)20(13)26-19(30)12-21(4,5)6)28-7-8-29-17(15(28)3)11-18(27-29)22(23,24)25/h9-11,15H,7-8,12H2,1-6H3,(H,26,30). The lowest BCUT2D eigenvalue weighted by molar-refractivity contribution is -0.141. The minimum absolute atomic E-state index is 0.0311. The Kier molecular flexibility index (Phi) is 5.64. The second-order valence-electron chi connectivity index (χ2n) is 9.28. The Bertz CT molecular complexity index is 933. The van der Waals surface area contributed by atoms with Crippen LogP contribution in [0.2, 0.25) is 0 Å². The van der Waals surface area contributed by atoms with Crippen molar-refractivity contribution in [3.8, 4) is 0 Å². The molecule has 1 N–H and O–H groups in total. The van der Waals surface area contributed by atoms with E-state index in [9.17, 15) is 18.0 Å². The van der Waals surface area contributed by atoms with Gasteiger partial charge in [-0.3, -0.25) is 9.48 Å². The molecule has 0 spiro atoms. The number of carbonyl (C=O) groups excluding carboxylic acids is 1. The quantitative estimate of drug-likeness (QED) is 0.713. The fourth-order valence-electron chi connectivity index (χ4n) is 3.96. The molecule has 30 heavy (non-hydrogen) atoms. The third-order valence-corrected chi connectivity index (χ3v) is 5.35. The topological polar surface area (TPSA) is 50.2 Å². The monoisotopic (exact) mass is 422 g/mol. The van der Waals surface area contributed by atoms with E-state index >= 15 is 0 Å². The van der Waals surface area contributed by atoms with Crippen molar-refractivity contribution in [2.75, 3.05) is 16.8 Å². The molecule has 0 saturated carbocycles. The lowest BCUT2D eigenvalue weighted by Gasteiger charge is -2.36. The van der Waals surface area contributed by atoms with Crippen LogP contribution in [0, 0.1) is 19.3 Å². The summed E-state index contributed by atoms with van der Waals surface area (Å²) in [7, 11) is 0. The molecule has 3 rings (SSSR count). The number of nitrogens with one attached hydrogen (secondary N) is 1. The van der Waals surface area contributed by atoms with Gasteiger partial charge in [-0.1, -0.05) is 20.8 Å². The zero-order chi connectivity index (χ0) is 22.4. The van der Waals surface area contributed by atoms with Crippen LogP contribution in [0.1, 0.15) is 62.7 Å². The van der Waals surface area contributed by atoms with Gasteiger partial charge in [-0.2, -0.15) is 18.3 Å². The summed E-state index contributed by atoms with van der Waals surface area (Å²) in [5.41, 5.74) is 3.16. The van der Waals surface area contributed by atoms with Crippen LogP contribution in [0.15, 0.2) is 18.2 Å². The van der Waals surface area contributed by atoms with Gasteiger partial charge in [0.05, 0.1) is 18.3 Å². The van der Waals surface area contributed by atoms with Gasteiger partial charge in [0.2, 0.25) is 5.91 Å². The van der Waals surface area contributed by atoms with Crippen molar-refractivity contribution in [2.24, 2.45) is 5.41 Å². The molecule has 0 saturated heterocycles. The maximum absolute atomic E-state index is 13.1. The van der Waals surface area contributed by atoms with E-state index in [1.165, 1.54) is 4.68 Å². The summed E-state index contributed by atoms with van der Waals surface area (Å²) in [5.74, 6) is -0.0311. The Morgan fingerprint density at radius 3 is 2.27 bits per heavy atom. The fourth-order valence-corrected chi connectivity index (χ4v) is 3.96. The molecule has 1 aliphatic rings. The number of aryl methyl sites for hydroxylation is 2. The molecule has 1 aromatic carbocycles. The second kappa shape index (κ2) is 7.63. The zero-order valence-electron chi connectivity index (χ0n) is 18.3. The number of halogens is 3. The second-order valence-corrected chi connectivity index (χ2v) is 9.28. The van der Waals surface area contributed by atoms with Gasteiger partial charge >= 0.3 is 6.18 Å². The number of benzene rings is 1. The van der Waals surface area contributed by atoms with Crippen molar-refractivity contribution in [2.45, 2.75) is 66.7 Å². The zero-order valence-corrected chi connectivity index (χ0v) is 18.3. The van der Waals surface area contributed by atoms with E-state index in [1.54, 1.807) is 0 Å². The van der Waals surface area contributed by atoms with Crippen LogP contribution in [0.4, 0.5) is 24.5 Å². The highest BCUT2D eigenvalue weighted by Crippen LogP contribution is 2.37. The van der Waals surface area contributed by atoms with Crippen molar-refractivity contribution < 1.29 is 18.0 Å². The van der Waals surface area contributed by atoms with Gasteiger partial charge in [0.1, 0.15) is 0 Å². The number of fused-ring (bicyclic) bond motifs is 1. The number of hydrogen-bond donors (Lipinski definition) is 1. The number of anilines is 2. The van der Waals surface area contributed by atoms with Crippen LogP contribution in [-0.4, -0.2) is 22.2 Å². The minimum Gasteiger partial charge on any atom is -0.361 e. The Morgan fingerprint density at radius 1 is 1.13 bits per heavy atom. The van der Waals surface area contributed by atoms with E-state index in [0.717, 1.165) is 28.6 Å². The number of hydrogen-bond acceptors (Lipinski definition) is 3. The smallest absolute Gasteiger partial charge is 0.361 e. The van der Waals surface area contributed by atoms with E-state index in [1.807, 2.05) is 53.7 Å². The Balaban J connectivity index is 1.85. The highest BCUT2D eigenvalue weighted by molar-refractivity contribution is 5.93. The molecule has 1 amide bonds. The summed E-state index contributed by atoms with van der Waals surface area (Å²) in [5, 5.41) is 6.74. The maximum Gasteiger partial charge on any atom is 0.435 e. The normalized spacial score (nSPS) is 17.1. The van der Waals surface area contributed by atoms with Crippen LogP contribution in [0.25, 0.3) is 0 Å². The molecule has 1 atom stereocenters. The van der Waals surface area contributed by atoms with E-state index in [4.69, 9.17) is 0 Å². The van der Waals surface area contributed by atoms with Crippen LogP contribution < -0.4 is 10.2 Å². The molecule has 5 nitrogen and oxygen atoms in total. The first kappa shape index (κ1) is 22.2. The van der Waals surface area contributed by atoms with Crippen LogP contribution in [-0.2, 0) is 17.5 Å². The Morgan fingerprint density at radius 2 is 1.73 bits per heavy atom. The molecule has 0 fully saturated rings. The van der Waals surface area contributed by atoms with Crippen molar-refractivity contribution in [3.63, 3.8) is 0 Å². The molecular formula is C22H29F3N4O. The van der Waals surface area contributed by atoms with Gasteiger partial charge in [-0.25, -0.2) is 0 Å². The number of rotatable bonds is 3. The summed E-state index contributed by atoms with van der Waals surface area (Å²) >= 11 is 0. The third-order valence-electron chi connectivity index (χ3n) is 5.35. The van der Waals surface area contributed by atoms with E-state index in [0.29, 0.717) is 25.2 Å².